The molecule has 0 aliphatic carbocycles. The molecule has 0 aromatic heterocycles. The molecule has 0 atom stereocenters. The van der Waals surface area contributed by atoms with E-state index in [2.05, 4.69) is 59.2 Å². The van der Waals surface area contributed by atoms with Crippen molar-refractivity contribution in [2.75, 3.05) is 52.9 Å². The van der Waals surface area contributed by atoms with E-state index in [0.717, 1.165) is 30.2 Å². The first kappa shape index (κ1) is 23.5. The van der Waals surface area contributed by atoms with E-state index in [-0.39, 0.29) is 5.60 Å². The fourth-order valence-electron chi connectivity index (χ4n) is 3.48. The van der Waals surface area contributed by atoms with Gasteiger partial charge in [-0.15, -0.1) is 0 Å². The van der Waals surface area contributed by atoms with E-state index in [0.29, 0.717) is 6.54 Å². The summed E-state index contributed by atoms with van der Waals surface area (Å²) in [6.07, 6.45) is 2.37. The minimum atomic E-state index is -0.209. The molecule has 0 spiro atoms. The van der Waals surface area contributed by atoms with Crippen molar-refractivity contribution in [3.63, 3.8) is 0 Å². The van der Waals surface area contributed by atoms with Crippen LogP contribution in [-0.4, -0.2) is 74.2 Å². The minimum Gasteiger partial charge on any atom is -0.488 e. The van der Waals surface area contributed by atoms with Crippen LogP contribution in [0.5, 0.6) is 5.75 Å². The van der Waals surface area contributed by atoms with E-state index in [1.165, 1.54) is 45.7 Å². The maximum atomic E-state index is 6.08. The van der Waals surface area contributed by atoms with Crippen LogP contribution in [0.2, 0.25) is 0 Å². The number of hydrogen-bond donors (Lipinski definition) is 2. The Hall–Kier alpha value is -1.79. The van der Waals surface area contributed by atoms with E-state index in [1.54, 1.807) is 0 Å². The lowest BCUT2D eigenvalue weighted by Crippen LogP contribution is -2.46. The summed E-state index contributed by atoms with van der Waals surface area (Å²) in [5.74, 6) is 1.76. The van der Waals surface area contributed by atoms with Crippen LogP contribution >= 0.6 is 0 Å². The number of para-hydroxylation sites is 1. The Kier molecular flexibility index (Phi) is 9.74. The highest BCUT2D eigenvalue weighted by molar-refractivity contribution is 5.79. The van der Waals surface area contributed by atoms with Gasteiger partial charge in [-0.05, 0) is 52.8 Å². The van der Waals surface area contributed by atoms with Crippen LogP contribution in [0.4, 0.5) is 0 Å². The maximum absolute atomic E-state index is 6.08. The zero-order chi connectivity index (χ0) is 21.1. The molecule has 29 heavy (non-hydrogen) atoms. The molecule has 1 aliphatic rings. The van der Waals surface area contributed by atoms with Gasteiger partial charge in [0.1, 0.15) is 11.4 Å². The van der Waals surface area contributed by atoms with Crippen molar-refractivity contribution in [3.8, 4) is 5.75 Å². The van der Waals surface area contributed by atoms with Crippen LogP contribution in [0.15, 0.2) is 29.3 Å². The summed E-state index contributed by atoms with van der Waals surface area (Å²) in [5, 5.41) is 6.84. The predicted octanol–water partition coefficient (Wildman–Crippen LogP) is 2.95. The molecule has 1 fully saturated rings. The molecule has 1 heterocycles. The second-order valence-electron chi connectivity index (χ2n) is 8.66. The lowest BCUT2D eigenvalue weighted by atomic mass is 10.1. The van der Waals surface area contributed by atoms with Crippen LogP contribution < -0.4 is 15.4 Å². The number of benzene rings is 1. The normalized spacial score (nSPS) is 16.7. The Morgan fingerprint density at radius 3 is 2.38 bits per heavy atom. The molecule has 1 aromatic rings. The summed E-state index contributed by atoms with van der Waals surface area (Å²) in [4.78, 5) is 9.47. The van der Waals surface area contributed by atoms with Gasteiger partial charge in [-0.1, -0.05) is 25.1 Å². The molecule has 0 unspecified atom stereocenters. The first-order chi connectivity index (χ1) is 13.9. The second-order valence-corrected chi connectivity index (χ2v) is 8.66. The Morgan fingerprint density at radius 1 is 1.03 bits per heavy atom. The van der Waals surface area contributed by atoms with Crippen molar-refractivity contribution in [1.82, 2.24) is 20.4 Å². The summed E-state index contributed by atoms with van der Waals surface area (Å²) in [6, 6.07) is 8.18. The van der Waals surface area contributed by atoms with Gasteiger partial charge in [0.25, 0.3) is 0 Å². The molecule has 0 amide bonds. The first-order valence-corrected chi connectivity index (χ1v) is 11.1. The molecule has 1 saturated heterocycles. The lowest BCUT2D eigenvalue weighted by Gasteiger charge is -2.34. The van der Waals surface area contributed by atoms with Crippen LogP contribution in [0.25, 0.3) is 0 Å². The summed E-state index contributed by atoms with van der Waals surface area (Å²) in [7, 11) is 1.82. The lowest BCUT2D eigenvalue weighted by molar-refractivity contribution is 0.129. The molecule has 6 nitrogen and oxygen atoms in total. The number of piperazine rings is 1. The molecule has 0 bridgehead atoms. The van der Waals surface area contributed by atoms with Gasteiger partial charge in [0.2, 0.25) is 0 Å². The molecule has 1 aromatic carbocycles. The number of hydrogen-bond acceptors (Lipinski definition) is 4. The van der Waals surface area contributed by atoms with Gasteiger partial charge in [0.05, 0.1) is 0 Å². The molecule has 1 aliphatic heterocycles. The molecule has 0 saturated carbocycles. The van der Waals surface area contributed by atoms with Crippen LogP contribution in [0.1, 0.15) is 46.1 Å². The third-order valence-electron chi connectivity index (χ3n) is 5.16. The van der Waals surface area contributed by atoms with Gasteiger partial charge in [-0.25, -0.2) is 0 Å². The van der Waals surface area contributed by atoms with Gasteiger partial charge in [0.15, 0.2) is 5.96 Å². The SMILES string of the molecule is CCN1CCN(CCCCNC(=NC)NCc2ccccc2OC(C)(C)C)CC1. The fourth-order valence-corrected chi connectivity index (χ4v) is 3.48. The summed E-state index contributed by atoms with van der Waals surface area (Å²) < 4.78 is 6.08. The van der Waals surface area contributed by atoms with Gasteiger partial charge in [-0.2, -0.15) is 0 Å². The van der Waals surface area contributed by atoms with Crippen molar-refractivity contribution in [2.24, 2.45) is 4.99 Å². The number of rotatable bonds is 9. The monoisotopic (exact) mass is 403 g/mol. The zero-order valence-electron chi connectivity index (χ0n) is 19.1. The Bertz CT molecular complexity index is 618. The third kappa shape index (κ3) is 9.05. The van der Waals surface area contributed by atoms with Crippen molar-refractivity contribution < 1.29 is 4.74 Å². The molecule has 2 rings (SSSR count). The fraction of sp³-hybridized carbons (Fsp3) is 0.696. The van der Waals surface area contributed by atoms with Crippen LogP contribution in [0.3, 0.4) is 0 Å². The summed E-state index contributed by atoms with van der Waals surface area (Å²) >= 11 is 0. The van der Waals surface area contributed by atoms with Gasteiger partial charge >= 0.3 is 0 Å². The predicted molar refractivity (Wildman–Crippen MR) is 123 cm³/mol. The maximum Gasteiger partial charge on any atom is 0.191 e. The molecule has 6 heteroatoms. The molecular formula is C23H41N5O. The van der Waals surface area contributed by atoms with E-state index >= 15 is 0 Å². The van der Waals surface area contributed by atoms with Crippen molar-refractivity contribution >= 4 is 5.96 Å². The number of ether oxygens (including phenoxy) is 1. The molecule has 2 N–H and O–H groups in total. The standard InChI is InChI=1S/C23H41N5O/c1-6-27-15-17-28(18-16-27)14-10-9-13-25-22(24-5)26-19-20-11-7-8-12-21(20)29-23(2,3)4/h7-8,11-12H,6,9-10,13-19H2,1-5H3,(H2,24,25,26). The minimum absolute atomic E-state index is 0.209. The Labute approximate surface area is 177 Å². The molecule has 0 radical (unpaired) electrons. The van der Waals surface area contributed by atoms with Crippen molar-refractivity contribution in [1.29, 1.82) is 0 Å². The number of likely N-dealkylation sites (N-methyl/N-ethyl adjacent to an activating group) is 1. The summed E-state index contributed by atoms with van der Waals surface area (Å²) in [6.45, 7) is 17.3. The number of unbranched alkanes of at least 4 members (excludes halogenated alkanes) is 1. The van der Waals surface area contributed by atoms with Crippen LogP contribution in [-0.2, 0) is 6.54 Å². The Balaban J connectivity index is 1.66. The topological polar surface area (TPSA) is 52.1 Å². The van der Waals surface area contributed by atoms with Crippen LogP contribution in [0, 0.1) is 0 Å². The first-order valence-electron chi connectivity index (χ1n) is 11.1. The van der Waals surface area contributed by atoms with E-state index in [1.807, 2.05) is 25.2 Å². The quantitative estimate of drug-likeness (QED) is 0.377. The number of aliphatic imine (C=N–C) groups is 1. The highest BCUT2D eigenvalue weighted by Gasteiger charge is 2.15. The highest BCUT2D eigenvalue weighted by atomic mass is 16.5. The van der Waals surface area contributed by atoms with E-state index in [9.17, 15) is 0 Å². The Morgan fingerprint density at radius 2 is 1.72 bits per heavy atom. The number of nitrogens with one attached hydrogen (secondary N) is 2. The van der Waals surface area contributed by atoms with Crippen molar-refractivity contribution in [3.05, 3.63) is 29.8 Å². The average molecular weight is 404 g/mol. The van der Waals surface area contributed by atoms with E-state index in [4.69, 9.17) is 4.74 Å². The number of nitrogens with zero attached hydrogens (tertiary/aromatic N) is 3. The smallest absolute Gasteiger partial charge is 0.191 e. The van der Waals surface area contributed by atoms with Gasteiger partial charge in [0, 0.05) is 51.9 Å². The largest absolute Gasteiger partial charge is 0.488 e. The average Bonchev–Trinajstić information content (AvgIpc) is 2.70. The zero-order valence-corrected chi connectivity index (χ0v) is 19.1. The van der Waals surface area contributed by atoms with Crippen molar-refractivity contribution in [2.45, 2.75) is 52.7 Å². The van der Waals surface area contributed by atoms with E-state index < -0.39 is 0 Å². The highest BCUT2D eigenvalue weighted by Crippen LogP contribution is 2.22. The summed E-state index contributed by atoms with van der Waals surface area (Å²) in [5.41, 5.74) is 0.927. The molecular weight excluding hydrogens is 362 g/mol. The third-order valence-corrected chi connectivity index (χ3v) is 5.16. The number of guanidine groups is 1. The van der Waals surface area contributed by atoms with Gasteiger partial charge < -0.3 is 25.2 Å². The molecule has 164 valence electrons. The van der Waals surface area contributed by atoms with Gasteiger partial charge in [-0.3, -0.25) is 4.99 Å². The second kappa shape index (κ2) is 12.0.